The minimum Gasteiger partial charge on any atom is -0.480 e. The lowest BCUT2D eigenvalue weighted by Crippen LogP contribution is -2.52. The van der Waals surface area contributed by atoms with Gasteiger partial charge in [-0.1, -0.05) is 34.6 Å². The Balaban J connectivity index is 4.76. The van der Waals surface area contributed by atoms with Crippen molar-refractivity contribution >= 4 is 17.8 Å². The molecule has 2 atom stereocenters. The average molecular weight is 300 g/mol. The van der Waals surface area contributed by atoms with Gasteiger partial charge in [0.15, 0.2) is 0 Å². The molecule has 0 spiro atoms. The van der Waals surface area contributed by atoms with Gasteiger partial charge < -0.3 is 15.7 Å². The van der Waals surface area contributed by atoms with Crippen molar-refractivity contribution in [3.05, 3.63) is 0 Å². The van der Waals surface area contributed by atoms with Crippen molar-refractivity contribution in [3.8, 4) is 0 Å². The van der Waals surface area contributed by atoms with Crippen LogP contribution in [0.25, 0.3) is 0 Å². The van der Waals surface area contributed by atoms with E-state index in [1.54, 1.807) is 6.92 Å². The number of hydrogen-bond donors (Lipinski definition) is 3. The van der Waals surface area contributed by atoms with Gasteiger partial charge in [-0.15, -0.1) is 0 Å². The molecule has 0 fully saturated rings. The molecule has 3 N–H and O–H groups in total. The lowest BCUT2D eigenvalue weighted by molar-refractivity contribution is -0.142. The van der Waals surface area contributed by atoms with E-state index in [9.17, 15) is 14.4 Å². The lowest BCUT2D eigenvalue weighted by Gasteiger charge is -2.22. The molecule has 0 aliphatic heterocycles. The Hall–Kier alpha value is -1.59. The van der Waals surface area contributed by atoms with Gasteiger partial charge in [-0.25, -0.2) is 4.79 Å². The molecule has 0 radical (unpaired) electrons. The number of amides is 2. The first-order chi connectivity index (χ1) is 9.67. The van der Waals surface area contributed by atoms with Gasteiger partial charge >= 0.3 is 5.97 Å². The molecule has 6 heteroatoms. The molecule has 21 heavy (non-hydrogen) atoms. The first-order valence-electron chi connectivity index (χ1n) is 7.49. The van der Waals surface area contributed by atoms with Crippen molar-refractivity contribution in [2.24, 2.45) is 11.8 Å². The van der Waals surface area contributed by atoms with Crippen LogP contribution in [0.3, 0.4) is 0 Å². The largest absolute Gasteiger partial charge is 0.480 e. The molecular formula is C15H28N2O4. The van der Waals surface area contributed by atoms with Crippen LogP contribution in [0.1, 0.15) is 53.9 Å². The van der Waals surface area contributed by atoms with Gasteiger partial charge in [-0.3, -0.25) is 9.59 Å². The van der Waals surface area contributed by atoms with Crippen molar-refractivity contribution in [1.82, 2.24) is 10.6 Å². The maximum Gasteiger partial charge on any atom is 0.326 e. The zero-order chi connectivity index (χ0) is 16.6. The third-order valence-corrected chi connectivity index (χ3v) is 2.98. The van der Waals surface area contributed by atoms with Gasteiger partial charge in [0.25, 0.3) is 0 Å². The van der Waals surface area contributed by atoms with E-state index >= 15 is 0 Å². The first kappa shape index (κ1) is 19.4. The molecule has 0 aliphatic carbocycles. The summed E-state index contributed by atoms with van der Waals surface area (Å²) in [7, 11) is 0. The molecule has 0 unspecified atom stereocenters. The van der Waals surface area contributed by atoms with E-state index in [-0.39, 0.29) is 17.7 Å². The molecule has 122 valence electrons. The van der Waals surface area contributed by atoms with Crippen LogP contribution >= 0.6 is 0 Å². The van der Waals surface area contributed by atoms with Gasteiger partial charge in [-0.2, -0.15) is 0 Å². The van der Waals surface area contributed by atoms with Crippen LogP contribution in [0.4, 0.5) is 0 Å². The van der Waals surface area contributed by atoms with E-state index in [1.165, 1.54) is 0 Å². The Kier molecular flexibility index (Phi) is 8.66. The molecule has 0 saturated heterocycles. The fraction of sp³-hybridized carbons (Fsp3) is 0.800. The fourth-order valence-electron chi connectivity index (χ4n) is 1.94. The maximum absolute atomic E-state index is 12.2. The summed E-state index contributed by atoms with van der Waals surface area (Å²) in [6.45, 7) is 9.43. The Morgan fingerprint density at radius 2 is 1.52 bits per heavy atom. The molecular weight excluding hydrogens is 272 g/mol. The molecule has 6 nitrogen and oxygen atoms in total. The Bertz CT molecular complexity index is 367. The molecule has 2 amide bonds. The number of nitrogens with one attached hydrogen (secondary N) is 2. The van der Waals surface area contributed by atoms with Crippen LogP contribution < -0.4 is 10.6 Å². The predicted octanol–water partition coefficient (Wildman–Crippen LogP) is 1.54. The van der Waals surface area contributed by atoms with Crippen molar-refractivity contribution in [3.63, 3.8) is 0 Å². The summed E-state index contributed by atoms with van der Waals surface area (Å²) in [5, 5.41) is 14.2. The van der Waals surface area contributed by atoms with Gasteiger partial charge in [-0.05, 0) is 24.7 Å². The zero-order valence-electron chi connectivity index (χ0n) is 13.6. The number of carbonyl (C=O) groups excluding carboxylic acids is 2. The maximum atomic E-state index is 12.2. The summed E-state index contributed by atoms with van der Waals surface area (Å²) < 4.78 is 0. The molecule has 0 aromatic heterocycles. The number of hydrogen-bond acceptors (Lipinski definition) is 3. The number of aliphatic carboxylic acids is 1. The number of carboxylic acid groups (broad SMARTS) is 1. The zero-order valence-corrected chi connectivity index (χ0v) is 13.6. The molecule has 0 saturated carbocycles. The summed E-state index contributed by atoms with van der Waals surface area (Å²) >= 11 is 0. The van der Waals surface area contributed by atoms with E-state index < -0.39 is 24.0 Å². The third-order valence-electron chi connectivity index (χ3n) is 2.98. The Labute approximate surface area is 126 Å². The summed E-state index contributed by atoms with van der Waals surface area (Å²) in [5.41, 5.74) is 0. The van der Waals surface area contributed by atoms with Crippen LogP contribution in [-0.2, 0) is 14.4 Å². The van der Waals surface area contributed by atoms with Crippen molar-refractivity contribution in [2.75, 3.05) is 0 Å². The quantitative estimate of drug-likeness (QED) is 0.602. The number of carbonyl (C=O) groups is 3. The highest BCUT2D eigenvalue weighted by Crippen LogP contribution is 2.07. The molecule has 0 bridgehead atoms. The SMILES string of the molecule is CC[C@H](NC(=O)[C@H](CC(C)C)NC(=O)CC(C)C)C(=O)O. The van der Waals surface area contributed by atoms with E-state index in [1.807, 2.05) is 27.7 Å². The fourth-order valence-corrected chi connectivity index (χ4v) is 1.94. The minimum atomic E-state index is -1.07. The van der Waals surface area contributed by atoms with Gasteiger partial charge in [0.05, 0.1) is 0 Å². The second kappa shape index (κ2) is 9.37. The number of rotatable bonds is 9. The Morgan fingerprint density at radius 3 is 1.90 bits per heavy atom. The van der Waals surface area contributed by atoms with Gasteiger partial charge in [0.2, 0.25) is 11.8 Å². The minimum absolute atomic E-state index is 0.186. The second-order valence-electron chi connectivity index (χ2n) is 6.16. The normalized spacial score (nSPS) is 13.9. The molecule has 0 aromatic rings. The van der Waals surface area contributed by atoms with E-state index in [0.717, 1.165) is 0 Å². The molecule has 0 heterocycles. The monoisotopic (exact) mass is 300 g/mol. The van der Waals surface area contributed by atoms with E-state index in [4.69, 9.17) is 5.11 Å². The third kappa shape index (κ3) is 8.32. The number of carboxylic acids is 1. The highest BCUT2D eigenvalue weighted by Gasteiger charge is 2.26. The van der Waals surface area contributed by atoms with E-state index in [0.29, 0.717) is 19.3 Å². The topological polar surface area (TPSA) is 95.5 Å². The lowest BCUT2D eigenvalue weighted by atomic mass is 10.0. The standard InChI is InChI=1S/C15H28N2O4/c1-6-11(15(20)21)17-14(19)12(7-9(2)3)16-13(18)8-10(4)5/h9-12H,6-8H2,1-5H3,(H,16,18)(H,17,19)(H,20,21)/t11-,12-/m0/s1. The highest BCUT2D eigenvalue weighted by molar-refractivity contribution is 5.90. The molecule has 0 rings (SSSR count). The molecule has 0 aromatic carbocycles. The van der Waals surface area contributed by atoms with Crippen molar-refractivity contribution in [1.29, 1.82) is 0 Å². The summed E-state index contributed by atoms with van der Waals surface area (Å²) in [5.74, 6) is -1.27. The average Bonchev–Trinajstić information content (AvgIpc) is 2.32. The summed E-state index contributed by atoms with van der Waals surface area (Å²) in [4.78, 5) is 35.0. The molecule has 0 aliphatic rings. The van der Waals surface area contributed by atoms with Crippen LogP contribution in [0.2, 0.25) is 0 Å². The van der Waals surface area contributed by atoms with Crippen LogP contribution in [0.5, 0.6) is 0 Å². The Morgan fingerprint density at radius 1 is 0.952 bits per heavy atom. The van der Waals surface area contributed by atoms with Crippen LogP contribution in [0, 0.1) is 11.8 Å². The van der Waals surface area contributed by atoms with E-state index in [2.05, 4.69) is 10.6 Å². The summed E-state index contributed by atoms with van der Waals surface area (Å²) in [6.07, 6.45) is 1.12. The van der Waals surface area contributed by atoms with Crippen LogP contribution in [-0.4, -0.2) is 35.0 Å². The van der Waals surface area contributed by atoms with Gasteiger partial charge in [0.1, 0.15) is 12.1 Å². The van der Waals surface area contributed by atoms with Crippen molar-refractivity contribution in [2.45, 2.75) is 66.0 Å². The highest BCUT2D eigenvalue weighted by atomic mass is 16.4. The first-order valence-corrected chi connectivity index (χ1v) is 7.49. The smallest absolute Gasteiger partial charge is 0.326 e. The second-order valence-corrected chi connectivity index (χ2v) is 6.16. The van der Waals surface area contributed by atoms with Crippen LogP contribution in [0.15, 0.2) is 0 Å². The summed E-state index contributed by atoms with van der Waals surface area (Å²) in [6, 6.07) is -1.61. The van der Waals surface area contributed by atoms with Crippen molar-refractivity contribution < 1.29 is 19.5 Å². The predicted molar refractivity (Wildman–Crippen MR) is 80.7 cm³/mol. The van der Waals surface area contributed by atoms with Gasteiger partial charge in [0, 0.05) is 6.42 Å².